The van der Waals surface area contributed by atoms with Gasteiger partial charge >= 0.3 is 12.1 Å². The van der Waals surface area contributed by atoms with Gasteiger partial charge in [-0.05, 0) is 25.1 Å². The van der Waals surface area contributed by atoms with E-state index in [2.05, 4.69) is 10.3 Å². The van der Waals surface area contributed by atoms with Gasteiger partial charge in [0.2, 0.25) is 0 Å². The second kappa shape index (κ2) is 6.99. The van der Waals surface area contributed by atoms with Crippen LogP contribution < -0.4 is 0 Å². The minimum Gasteiger partial charge on any atom is -0.461 e. The second-order valence-corrected chi connectivity index (χ2v) is 5.33. The fraction of sp³-hybridized carbons (Fsp3) is 0.167. The summed E-state index contributed by atoms with van der Waals surface area (Å²) in [6.07, 6.45) is -4.49. The van der Waals surface area contributed by atoms with Crippen LogP contribution in [0.3, 0.4) is 0 Å². The fourth-order valence-corrected chi connectivity index (χ4v) is 2.47. The Bertz CT molecular complexity index is 921. The third-order valence-electron chi connectivity index (χ3n) is 3.60. The zero-order chi connectivity index (χ0) is 18.7. The van der Waals surface area contributed by atoms with Gasteiger partial charge in [0, 0.05) is 5.56 Å². The van der Waals surface area contributed by atoms with Crippen molar-refractivity contribution in [1.29, 1.82) is 0 Å². The Kier molecular flexibility index (Phi) is 4.75. The van der Waals surface area contributed by atoms with Crippen molar-refractivity contribution in [1.82, 2.24) is 15.0 Å². The van der Waals surface area contributed by atoms with Crippen LogP contribution in [0.25, 0.3) is 16.9 Å². The monoisotopic (exact) mass is 361 g/mol. The number of aromatic nitrogens is 3. The Balaban J connectivity index is 2.18. The standard InChI is InChI=1S/C18H14F3N3O2/c1-2-26-17(25)15-16(12-7-4-3-5-8-12)24(23-22-15)14-10-6-9-13(11-14)18(19,20)21/h3-11H,2H2,1H3. The molecule has 5 nitrogen and oxygen atoms in total. The number of carbonyl (C=O) groups is 1. The molecule has 0 atom stereocenters. The predicted molar refractivity (Wildman–Crippen MR) is 87.8 cm³/mol. The zero-order valence-corrected chi connectivity index (χ0v) is 13.7. The molecule has 0 bridgehead atoms. The van der Waals surface area contributed by atoms with E-state index in [1.807, 2.05) is 0 Å². The van der Waals surface area contributed by atoms with Gasteiger partial charge in [0.1, 0.15) is 5.69 Å². The van der Waals surface area contributed by atoms with E-state index in [4.69, 9.17) is 4.74 Å². The van der Waals surface area contributed by atoms with Crippen LogP contribution in [-0.4, -0.2) is 27.6 Å². The number of halogens is 3. The molecule has 1 aromatic heterocycles. The summed E-state index contributed by atoms with van der Waals surface area (Å²) in [7, 11) is 0. The van der Waals surface area contributed by atoms with E-state index in [1.165, 1.54) is 16.8 Å². The highest BCUT2D eigenvalue weighted by Gasteiger charge is 2.31. The molecule has 0 fully saturated rings. The molecule has 0 saturated carbocycles. The van der Waals surface area contributed by atoms with E-state index >= 15 is 0 Å². The molecule has 3 rings (SSSR count). The van der Waals surface area contributed by atoms with Crippen LogP contribution in [0.4, 0.5) is 13.2 Å². The van der Waals surface area contributed by atoms with Crippen molar-refractivity contribution in [2.24, 2.45) is 0 Å². The lowest BCUT2D eigenvalue weighted by molar-refractivity contribution is -0.137. The minimum atomic E-state index is -4.49. The quantitative estimate of drug-likeness (QED) is 0.656. The molecule has 0 N–H and O–H groups in total. The molecule has 0 radical (unpaired) electrons. The number of rotatable bonds is 4. The van der Waals surface area contributed by atoms with Crippen molar-refractivity contribution in [3.63, 3.8) is 0 Å². The molecule has 26 heavy (non-hydrogen) atoms. The number of hydrogen-bond acceptors (Lipinski definition) is 4. The normalized spacial score (nSPS) is 11.4. The Labute approximate surface area is 147 Å². The first-order valence-corrected chi connectivity index (χ1v) is 7.77. The van der Waals surface area contributed by atoms with Crippen LogP contribution in [0, 0.1) is 0 Å². The van der Waals surface area contributed by atoms with Gasteiger partial charge < -0.3 is 4.74 Å². The smallest absolute Gasteiger partial charge is 0.416 e. The lowest BCUT2D eigenvalue weighted by atomic mass is 10.1. The maximum Gasteiger partial charge on any atom is 0.416 e. The van der Waals surface area contributed by atoms with Gasteiger partial charge in [-0.2, -0.15) is 13.2 Å². The van der Waals surface area contributed by atoms with Gasteiger partial charge in [-0.25, -0.2) is 9.48 Å². The fourth-order valence-electron chi connectivity index (χ4n) is 2.47. The molecule has 0 spiro atoms. The van der Waals surface area contributed by atoms with E-state index in [1.54, 1.807) is 37.3 Å². The number of hydrogen-bond donors (Lipinski definition) is 0. The topological polar surface area (TPSA) is 57.0 Å². The van der Waals surface area contributed by atoms with Crippen molar-refractivity contribution in [2.75, 3.05) is 6.61 Å². The first-order valence-electron chi connectivity index (χ1n) is 7.77. The van der Waals surface area contributed by atoms with Crippen LogP contribution in [-0.2, 0) is 10.9 Å². The summed E-state index contributed by atoms with van der Waals surface area (Å²) in [5, 5.41) is 7.72. The summed E-state index contributed by atoms with van der Waals surface area (Å²) >= 11 is 0. The highest BCUT2D eigenvalue weighted by Crippen LogP contribution is 2.32. The predicted octanol–water partition coefficient (Wildman–Crippen LogP) is 4.13. The van der Waals surface area contributed by atoms with E-state index in [0.717, 1.165) is 12.1 Å². The van der Waals surface area contributed by atoms with Gasteiger partial charge in [-0.15, -0.1) is 5.10 Å². The summed E-state index contributed by atoms with van der Waals surface area (Å²) < 4.78 is 45.3. The van der Waals surface area contributed by atoms with E-state index in [0.29, 0.717) is 5.56 Å². The maximum absolute atomic E-state index is 13.0. The van der Waals surface area contributed by atoms with Crippen molar-refractivity contribution < 1.29 is 22.7 Å². The molecule has 0 aliphatic rings. The second-order valence-electron chi connectivity index (χ2n) is 5.33. The molecule has 1 heterocycles. The van der Waals surface area contributed by atoms with Crippen molar-refractivity contribution in [2.45, 2.75) is 13.1 Å². The van der Waals surface area contributed by atoms with Crippen LogP contribution in [0.5, 0.6) is 0 Å². The molecule has 0 amide bonds. The Morgan fingerprint density at radius 3 is 2.50 bits per heavy atom. The first kappa shape index (κ1) is 17.7. The largest absolute Gasteiger partial charge is 0.461 e. The van der Waals surface area contributed by atoms with E-state index in [9.17, 15) is 18.0 Å². The first-order chi connectivity index (χ1) is 12.4. The molecular formula is C18H14F3N3O2. The zero-order valence-electron chi connectivity index (χ0n) is 13.7. The van der Waals surface area contributed by atoms with E-state index in [-0.39, 0.29) is 23.7 Å². The van der Waals surface area contributed by atoms with E-state index < -0.39 is 17.7 Å². The average Bonchev–Trinajstić information content (AvgIpc) is 3.07. The minimum absolute atomic E-state index is 0.0598. The number of carbonyl (C=O) groups excluding carboxylic acids is 1. The molecule has 2 aromatic carbocycles. The van der Waals surface area contributed by atoms with Gasteiger partial charge in [-0.1, -0.05) is 41.6 Å². The van der Waals surface area contributed by atoms with Crippen LogP contribution in [0.1, 0.15) is 23.0 Å². The summed E-state index contributed by atoms with van der Waals surface area (Å²) in [5.74, 6) is -0.690. The van der Waals surface area contributed by atoms with Gasteiger partial charge in [-0.3, -0.25) is 0 Å². The van der Waals surface area contributed by atoms with Gasteiger partial charge in [0.05, 0.1) is 17.9 Å². The summed E-state index contributed by atoms with van der Waals surface area (Å²) in [4.78, 5) is 12.2. The van der Waals surface area contributed by atoms with Crippen molar-refractivity contribution >= 4 is 5.97 Å². The average molecular weight is 361 g/mol. The number of benzene rings is 2. The third kappa shape index (κ3) is 3.44. The highest BCUT2D eigenvalue weighted by molar-refractivity contribution is 5.94. The van der Waals surface area contributed by atoms with Crippen molar-refractivity contribution in [3.05, 3.63) is 65.9 Å². The Hall–Kier alpha value is -3.16. The van der Waals surface area contributed by atoms with Gasteiger partial charge in [0.25, 0.3) is 0 Å². The molecule has 0 aliphatic carbocycles. The number of alkyl halides is 3. The number of esters is 1. The highest BCUT2D eigenvalue weighted by atomic mass is 19.4. The summed E-state index contributed by atoms with van der Waals surface area (Å²) in [6.45, 7) is 1.79. The molecule has 0 aliphatic heterocycles. The summed E-state index contributed by atoms with van der Waals surface area (Å²) in [6, 6.07) is 13.4. The van der Waals surface area contributed by atoms with Crippen LogP contribution >= 0.6 is 0 Å². The molecular weight excluding hydrogens is 347 g/mol. The maximum atomic E-state index is 13.0. The van der Waals surface area contributed by atoms with Crippen molar-refractivity contribution in [3.8, 4) is 16.9 Å². The van der Waals surface area contributed by atoms with Gasteiger partial charge in [0.15, 0.2) is 5.69 Å². The lowest BCUT2D eigenvalue weighted by Crippen LogP contribution is -2.09. The third-order valence-corrected chi connectivity index (χ3v) is 3.60. The molecule has 0 saturated heterocycles. The van der Waals surface area contributed by atoms with Crippen LogP contribution in [0.2, 0.25) is 0 Å². The summed E-state index contributed by atoms with van der Waals surface area (Å²) in [5.41, 5.74) is 0.112. The molecule has 8 heteroatoms. The Morgan fingerprint density at radius 2 is 1.85 bits per heavy atom. The molecule has 3 aromatic rings. The number of nitrogens with zero attached hydrogens (tertiary/aromatic N) is 3. The van der Waals surface area contributed by atoms with Crippen LogP contribution in [0.15, 0.2) is 54.6 Å². The number of ether oxygens (including phenoxy) is 1. The SMILES string of the molecule is CCOC(=O)c1nnn(-c2cccc(C(F)(F)F)c2)c1-c1ccccc1. The lowest BCUT2D eigenvalue weighted by Gasteiger charge is -2.11. The molecule has 0 unspecified atom stereocenters. The molecule has 134 valence electrons. The Morgan fingerprint density at radius 1 is 1.12 bits per heavy atom.